The first-order valence-electron chi connectivity index (χ1n) is 7.08. The molecule has 1 N–H and O–H groups in total. The molecule has 1 aromatic carbocycles. The van der Waals surface area contributed by atoms with Crippen LogP contribution in [0.5, 0.6) is 0 Å². The van der Waals surface area contributed by atoms with Gasteiger partial charge in [0.1, 0.15) is 11.6 Å². The summed E-state index contributed by atoms with van der Waals surface area (Å²) in [6.07, 6.45) is 0.892. The van der Waals surface area contributed by atoms with Crippen LogP contribution < -0.4 is 0 Å². The minimum atomic E-state index is -0.708. The molecule has 6 heteroatoms. The van der Waals surface area contributed by atoms with Crippen LogP contribution in [0.2, 0.25) is 0 Å². The van der Waals surface area contributed by atoms with Crippen molar-refractivity contribution >= 4 is 0 Å². The molecule has 1 atom stereocenters. The van der Waals surface area contributed by atoms with E-state index in [4.69, 9.17) is 9.47 Å². The van der Waals surface area contributed by atoms with Gasteiger partial charge in [-0.3, -0.25) is 4.90 Å². The van der Waals surface area contributed by atoms with Crippen LogP contribution in [0.25, 0.3) is 0 Å². The lowest BCUT2D eigenvalue weighted by atomic mass is 10.2. The molecule has 0 heterocycles. The van der Waals surface area contributed by atoms with Crippen LogP contribution >= 0.6 is 0 Å². The van der Waals surface area contributed by atoms with Crippen LogP contribution in [0.3, 0.4) is 0 Å². The molecule has 0 saturated carbocycles. The fraction of sp³-hybridized carbons (Fsp3) is 0.500. The van der Waals surface area contributed by atoms with E-state index in [1.807, 2.05) is 4.90 Å². The number of hydrogen-bond donors (Lipinski definition) is 1. The zero-order valence-electron chi connectivity index (χ0n) is 12.8. The lowest BCUT2D eigenvalue weighted by Crippen LogP contribution is -2.36. The zero-order valence-corrected chi connectivity index (χ0v) is 12.8. The van der Waals surface area contributed by atoms with E-state index in [1.54, 1.807) is 13.2 Å². The molecule has 1 aromatic rings. The van der Waals surface area contributed by atoms with Gasteiger partial charge in [0.15, 0.2) is 0 Å². The smallest absolute Gasteiger partial charge is 0.130 e. The van der Waals surface area contributed by atoms with Gasteiger partial charge in [0.2, 0.25) is 0 Å². The number of benzene rings is 1. The Morgan fingerprint density at radius 1 is 1.41 bits per heavy atom. The maximum absolute atomic E-state index is 13.7. The lowest BCUT2D eigenvalue weighted by molar-refractivity contribution is 0.0192. The van der Waals surface area contributed by atoms with Crippen molar-refractivity contribution in [3.05, 3.63) is 48.1 Å². The predicted octanol–water partition coefficient (Wildman–Crippen LogP) is 1.98. The van der Waals surface area contributed by atoms with Crippen LogP contribution in [-0.4, -0.2) is 56.1 Å². The van der Waals surface area contributed by atoms with Gasteiger partial charge in [-0.25, -0.2) is 8.78 Å². The van der Waals surface area contributed by atoms with Crippen molar-refractivity contribution in [3.63, 3.8) is 0 Å². The third kappa shape index (κ3) is 7.09. The minimum Gasteiger partial charge on any atom is -0.389 e. The van der Waals surface area contributed by atoms with Crippen molar-refractivity contribution in [2.75, 3.05) is 40.0 Å². The summed E-state index contributed by atoms with van der Waals surface area (Å²) in [4.78, 5) is 1.84. The third-order valence-corrected chi connectivity index (χ3v) is 3.04. The maximum Gasteiger partial charge on any atom is 0.130 e. The monoisotopic (exact) mass is 315 g/mol. The van der Waals surface area contributed by atoms with Crippen molar-refractivity contribution in [3.8, 4) is 0 Å². The number of aliphatic hydroxyl groups is 1. The fourth-order valence-corrected chi connectivity index (χ4v) is 1.98. The highest BCUT2D eigenvalue weighted by Crippen LogP contribution is 2.12. The van der Waals surface area contributed by atoms with Gasteiger partial charge in [0, 0.05) is 38.4 Å². The van der Waals surface area contributed by atoms with E-state index in [9.17, 15) is 13.9 Å². The molecule has 0 aliphatic carbocycles. The normalized spacial score (nSPS) is 12.6. The molecule has 0 unspecified atom stereocenters. The van der Waals surface area contributed by atoms with Gasteiger partial charge in [-0.05, 0) is 6.07 Å². The van der Waals surface area contributed by atoms with E-state index in [-0.39, 0.29) is 13.2 Å². The number of hydrogen-bond acceptors (Lipinski definition) is 4. The molecule has 22 heavy (non-hydrogen) atoms. The van der Waals surface area contributed by atoms with Gasteiger partial charge in [0.25, 0.3) is 0 Å². The molecule has 4 nitrogen and oxygen atoms in total. The van der Waals surface area contributed by atoms with Crippen molar-refractivity contribution in [1.82, 2.24) is 4.90 Å². The van der Waals surface area contributed by atoms with Crippen LogP contribution in [-0.2, 0) is 16.0 Å². The molecule has 0 aliphatic rings. The second-order valence-electron chi connectivity index (χ2n) is 4.94. The van der Waals surface area contributed by atoms with Crippen molar-refractivity contribution in [2.45, 2.75) is 12.6 Å². The van der Waals surface area contributed by atoms with Crippen LogP contribution in [0.4, 0.5) is 8.78 Å². The number of ether oxygens (including phenoxy) is 2. The summed E-state index contributed by atoms with van der Waals surface area (Å²) in [6, 6.07) is 3.48. The molecular weight excluding hydrogens is 292 g/mol. The van der Waals surface area contributed by atoms with Gasteiger partial charge >= 0.3 is 0 Å². The van der Waals surface area contributed by atoms with E-state index >= 15 is 0 Å². The first-order valence-corrected chi connectivity index (χ1v) is 7.08. The van der Waals surface area contributed by atoms with Gasteiger partial charge in [0.05, 0.1) is 25.9 Å². The average Bonchev–Trinajstić information content (AvgIpc) is 2.47. The summed E-state index contributed by atoms with van der Waals surface area (Å²) >= 11 is 0. The number of rotatable bonds is 11. The maximum atomic E-state index is 13.7. The van der Waals surface area contributed by atoms with Gasteiger partial charge in [-0.1, -0.05) is 12.1 Å². The molecule has 0 fully saturated rings. The summed E-state index contributed by atoms with van der Waals surface area (Å²) in [5, 5.41) is 9.94. The Labute approximate surface area is 130 Å². The summed E-state index contributed by atoms with van der Waals surface area (Å²) < 4.78 is 36.9. The summed E-state index contributed by atoms with van der Waals surface area (Å²) in [7, 11) is 1.57. The van der Waals surface area contributed by atoms with E-state index in [0.717, 1.165) is 6.07 Å². The molecule has 0 amide bonds. The van der Waals surface area contributed by atoms with Gasteiger partial charge < -0.3 is 14.6 Å². The molecule has 0 radical (unpaired) electrons. The van der Waals surface area contributed by atoms with Crippen LogP contribution in [0, 0.1) is 11.6 Å². The summed E-state index contributed by atoms with van der Waals surface area (Å²) in [5.41, 5.74) is 0.372. The topological polar surface area (TPSA) is 41.9 Å². The molecule has 1 rings (SSSR count). The molecule has 0 saturated heterocycles. The van der Waals surface area contributed by atoms with Crippen molar-refractivity contribution in [1.29, 1.82) is 0 Å². The number of aliphatic hydroxyl groups excluding tert-OH is 1. The standard InChI is InChI=1S/C16H23F2NO3/c1-3-7-22-12-15(20)11-19(6-8-21-2)10-13-4-5-14(17)9-16(13)18/h3-5,9,15,20H,1,6-8,10-12H2,2H3/t15-/m0/s1. The molecule has 0 aliphatic heterocycles. The Morgan fingerprint density at radius 2 is 2.18 bits per heavy atom. The first-order chi connectivity index (χ1) is 10.6. The average molecular weight is 315 g/mol. The highest BCUT2D eigenvalue weighted by molar-refractivity contribution is 5.18. The molecule has 0 aromatic heterocycles. The fourth-order valence-electron chi connectivity index (χ4n) is 1.98. The summed E-state index contributed by atoms with van der Waals surface area (Å²) in [6.45, 7) is 5.58. The highest BCUT2D eigenvalue weighted by Gasteiger charge is 2.14. The SMILES string of the molecule is C=CCOC[C@@H](O)CN(CCOC)Cc1ccc(F)cc1F. The first kappa shape index (κ1) is 18.7. The Balaban J connectivity index is 2.60. The quantitative estimate of drug-likeness (QED) is 0.501. The summed E-state index contributed by atoms with van der Waals surface area (Å²) in [5.74, 6) is -1.21. The highest BCUT2D eigenvalue weighted by atomic mass is 19.1. The Bertz CT molecular complexity index is 457. The number of nitrogens with zero attached hydrogens (tertiary/aromatic N) is 1. The van der Waals surface area contributed by atoms with E-state index < -0.39 is 17.7 Å². The van der Waals surface area contributed by atoms with E-state index in [1.165, 1.54) is 12.1 Å². The Kier molecular flexibility index (Phi) is 8.84. The van der Waals surface area contributed by atoms with Crippen LogP contribution in [0.1, 0.15) is 5.56 Å². The Morgan fingerprint density at radius 3 is 2.82 bits per heavy atom. The lowest BCUT2D eigenvalue weighted by Gasteiger charge is -2.25. The number of halogens is 2. The molecule has 0 bridgehead atoms. The second kappa shape index (κ2) is 10.4. The second-order valence-corrected chi connectivity index (χ2v) is 4.94. The van der Waals surface area contributed by atoms with E-state index in [2.05, 4.69) is 6.58 Å². The minimum absolute atomic E-state index is 0.168. The Hall–Kier alpha value is -1.34. The van der Waals surface area contributed by atoms with Gasteiger partial charge in [-0.2, -0.15) is 0 Å². The number of methoxy groups -OCH3 is 1. The van der Waals surface area contributed by atoms with Crippen LogP contribution in [0.15, 0.2) is 30.9 Å². The molecule has 124 valence electrons. The zero-order chi connectivity index (χ0) is 16.4. The largest absolute Gasteiger partial charge is 0.389 e. The third-order valence-electron chi connectivity index (χ3n) is 3.04. The van der Waals surface area contributed by atoms with Crippen molar-refractivity contribution in [2.24, 2.45) is 0 Å². The van der Waals surface area contributed by atoms with E-state index in [0.29, 0.717) is 31.9 Å². The van der Waals surface area contributed by atoms with Crippen molar-refractivity contribution < 1.29 is 23.4 Å². The molecular formula is C16H23F2NO3. The predicted molar refractivity (Wildman–Crippen MR) is 80.5 cm³/mol. The van der Waals surface area contributed by atoms with Gasteiger partial charge in [-0.15, -0.1) is 6.58 Å². The molecule has 0 spiro atoms.